The molecule has 28 heavy (non-hydrogen) atoms. The number of carbonyl (C=O) groups excluding carboxylic acids is 2. The van der Waals surface area contributed by atoms with Crippen molar-refractivity contribution >= 4 is 17.5 Å². The monoisotopic (exact) mass is 379 g/mol. The van der Waals surface area contributed by atoms with Crippen LogP contribution in [0.1, 0.15) is 5.56 Å². The Balaban J connectivity index is 1.46. The number of methoxy groups -OCH3 is 1. The summed E-state index contributed by atoms with van der Waals surface area (Å²) in [7, 11) is 1.57. The van der Waals surface area contributed by atoms with Crippen LogP contribution in [-0.2, 0) is 20.9 Å². The van der Waals surface area contributed by atoms with E-state index in [1.54, 1.807) is 43.8 Å². The molecular formula is C21H21N3O4. The highest BCUT2D eigenvalue weighted by atomic mass is 16.5. The van der Waals surface area contributed by atoms with Gasteiger partial charge in [-0.15, -0.1) is 0 Å². The van der Waals surface area contributed by atoms with Gasteiger partial charge in [-0.1, -0.05) is 24.3 Å². The number of hydrogen-bond acceptors (Lipinski definition) is 5. The zero-order valence-corrected chi connectivity index (χ0v) is 15.4. The van der Waals surface area contributed by atoms with Crippen molar-refractivity contribution < 1.29 is 19.1 Å². The Hall–Kier alpha value is -3.19. The van der Waals surface area contributed by atoms with Crippen LogP contribution in [0.2, 0.25) is 0 Å². The molecule has 4 rings (SSSR count). The minimum Gasteiger partial charge on any atom is -0.497 e. The van der Waals surface area contributed by atoms with Crippen molar-refractivity contribution in [2.24, 2.45) is 11.8 Å². The van der Waals surface area contributed by atoms with Crippen LogP contribution in [0.25, 0.3) is 0 Å². The van der Waals surface area contributed by atoms with Gasteiger partial charge in [0.2, 0.25) is 11.8 Å². The number of nitrogens with one attached hydrogen (secondary N) is 2. The van der Waals surface area contributed by atoms with Crippen molar-refractivity contribution in [1.82, 2.24) is 10.3 Å². The second kappa shape index (κ2) is 7.82. The lowest BCUT2D eigenvalue weighted by molar-refractivity contribution is -0.131. The maximum atomic E-state index is 12.9. The Morgan fingerprint density at radius 2 is 1.89 bits per heavy atom. The summed E-state index contributed by atoms with van der Waals surface area (Å²) in [6.07, 6.45) is 6.30. The van der Waals surface area contributed by atoms with Gasteiger partial charge in [0.1, 0.15) is 5.75 Å². The van der Waals surface area contributed by atoms with E-state index in [0.717, 1.165) is 5.56 Å². The lowest BCUT2D eigenvalue weighted by Crippen LogP contribution is -2.44. The van der Waals surface area contributed by atoms with Gasteiger partial charge in [-0.3, -0.25) is 14.6 Å². The van der Waals surface area contributed by atoms with Crippen LogP contribution in [0.4, 0.5) is 5.69 Å². The van der Waals surface area contributed by atoms with Crippen LogP contribution in [0.3, 0.4) is 0 Å². The first-order valence-corrected chi connectivity index (χ1v) is 9.11. The normalized spacial score (nSPS) is 24.8. The molecule has 1 aromatic heterocycles. The zero-order valence-electron chi connectivity index (χ0n) is 15.4. The lowest BCUT2D eigenvalue weighted by Gasteiger charge is -2.23. The van der Waals surface area contributed by atoms with Gasteiger partial charge in [0.15, 0.2) is 0 Å². The van der Waals surface area contributed by atoms with E-state index in [-0.39, 0.29) is 17.9 Å². The molecule has 2 bridgehead atoms. The topological polar surface area (TPSA) is 89.5 Å². The summed E-state index contributed by atoms with van der Waals surface area (Å²) in [5.74, 6) is -0.960. The van der Waals surface area contributed by atoms with Gasteiger partial charge in [-0.05, 0) is 23.8 Å². The van der Waals surface area contributed by atoms with Gasteiger partial charge in [0.25, 0.3) is 0 Å². The molecule has 0 saturated carbocycles. The van der Waals surface area contributed by atoms with Crippen LogP contribution in [-0.4, -0.2) is 36.1 Å². The molecule has 4 atom stereocenters. The van der Waals surface area contributed by atoms with Crippen molar-refractivity contribution in [1.29, 1.82) is 0 Å². The van der Waals surface area contributed by atoms with Crippen LogP contribution in [0.5, 0.6) is 5.75 Å². The Labute approximate surface area is 162 Å². The quantitative estimate of drug-likeness (QED) is 0.749. The fraction of sp³-hybridized carbons (Fsp3) is 0.286. The lowest BCUT2D eigenvalue weighted by atomic mass is 9.81. The molecule has 7 heteroatoms. The highest BCUT2D eigenvalue weighted by molar-refractivity contribution is 5.97. The number of amides is 2. The van der Waals surface area contributed by atoms with E-state index in [0.29, 0.717) is 18.0 Å². The van der Waals surface area contributed by atoms with Gasteiger partial charge in [0.05, 0.1) is 31.2 Å². The number of aromatic nitrogens is 1. The highest BCUT2D eigenvalue weighted by Gasteiger charge is 2.52. The molecule has 2 aliphatic heterocycles. The second-order valence-corrected chi connectivity index (χ2v) is 6.80. The van der Waals surface area contributed by atoms with Crippen LogP contribution < -0.4 is 15.4 Å². The molecule has 3 heterocycles. The number of pyridine rings is 1. The van der Waals surface area contributed by atoms with E-state index in [2.05, 4.69) is 15.6 Å². The molecule has 144 valence electrons. The average molecular weight is 379 g/mol. The maximum absolute atomic E-state index is 12.9. The first-order valence-electron chi connectivity index (χ1n) is 9.11. The predicted octanol–water partition coefficient (Wildman–Crippen LogP) is 1.91. The van der Waals surface area contributed by atoms with Gasteiger partial charge >= 0.3 is 0 Å². The SMILES string of the molecule is COc1cccc(NC(=O)[C@@H]2[C@@H](C(=O)NCc3cccnc3)[C@@H]3C=C[C@@H]2O3)c1. The fourth-order valence-corrected chi connectivity index (χ4v) is 3.67. The van der Waals surface area contributed by atoms with E-state index in [1.165, 1.54) is 0 Å². The summed E-state index contributed by atoms with van der Waals surface area (Å²) in [4.78, 5) is 29.8. The maximum Gasteiger partial charge on any atom is 0.231 e. The molecule has 0 unspecified atom stereocenters. The van der Waals surface area contributed by atoms with E-state index in [9.17, 15) is 9.59 Å². The summed E-state index contributed by atoms with van der Waals surface area (Å²) in [6, 6.07) is 10.8. The van der Waals surface area contributed by atoms with Gasteiger partial charge < -0.3 is 20.1 Å². The molecule has 1 fully saturated rings. The van der Waals surface area contributed by atoms with Gasteiger partial charge in [-0.2, -0.15) is 0 Å². The van der Waals surface area contributed by atoms with Crippen molar-refractivity contribution in [3.63, 3.8) is 0 Å². The Morgan fingerprint density at radius 1 is 1.11 bits per heavy atom. The van der Waals surface area contributed by atoms with Crippen LogP contribution in [0, 0.1) is 11.8 Å². The summed E-state index contributed by atoms with van der Waals surface area (Å²) in [5.41, 5.74) is 1.51. The van der Waals surface area contributed by atoms with Crippen LogP contribution >= 0.6 is 0 Å². The number of fused-ring (bicyclic) bond motifs is 2. The fourth-order valence-electron chi connectivity index (χ4n) is 3.67. The Morgan fingerprint density at radius 3 is 2.61 bits per heavy atom. The Kier molecular flexibility index (Phi) is 5.08. The van der Waals surface area contributed by atoms with Crippen molar-refractivity contribution in [2.45, 2.75) is 18.8 Å². The third kappa shape index (κ3) is 3.61. The van der Waals surface area contributed by atoms with Crippen LogP contribution in [0.15, 0.2) is 60.9 Å². The number of rotatable bonds is 6. The third-order valence-electron chi connectivity index (χ3n) is 5.03. The molecule has 0 spiro atoms. The summed E-state index contributed by atoms with van der Waals surface area (Å²) >= 11 is 0. The minimum absolute atomic E-state index is 0.202. The molecule has 1 aromatic carbocycles. The van der Waals surface area contributed by atoms with E-state index in [4.69, 9.17) is 9.47 Å². The molecule has 2 aromatic rings. The van der Waals surface area contributed by atoms with Gasteiger partial charge in [-0.25, -0.2) is 0 Å². The molecule has 7 nitrogen and oxygen atoms in total. The molecule has 0 aliphatic carbocycles. The predicted molar refractivity (Wildman–Crippen MR) is 102 cm³/mol. The van der Waals surface area contributed by atoms with E-state index >= 15 is 0 Å². The van der Waals surface area contributed by atoms with Gasteiger partial charge in [0, 0.05) is 30.7 Å². The Bertz CT molecular complexity index is 900. The number of nitrogens with zero attached hydrogens (tertiary/aromatic N) is 1. The summed E-state index contributed by atoms with van der Waals surface area (Å²) in [6.45, 7) is 0.356. The van der Waals surface area contributed by atoms with E-state index < -0.39 is 17.9 Å². The largest absolute Gasteiger partial charge is 0.497 e. The van der Waals surface area contributed by atoms with Crippen molar-refractivity contribution in [3.05, 3.63) is 66.5 Å². The molecule has 0 radical (unpaired) electrons. The number of ether oxygens (including phenoxy) is 2. The smallest absolute Gasteiger partial charge is 0.231 e. The summed E-state index contributed by atoms with van der Waals surface area (Å²) < 4.78 is 11.0. The molecule has 1 saturated heterocycles. The van der Waals surface area contributed by atoms with E-state index in [1.807, 2.05) is 24.3 Å². The average Bonchev–Trinajstić information content (AvgIpc) is 3.34. The number of hydrogen-bond donors (Lipinski definition) is 2. The molecule has 2 amide bonds. The number of carbonyl (C=O) groups is 2. The number of anilines is 1. The highest BCUT2D eigenvalue weighted by Crippen LogP contribution is 2.40. The first-order chi connectivity index (χ1) is 13.7. The molecular weight excluding hydrogens is 358 g/mol. The first kappa shape index (κ1) is 18.2. The molecule has 2 N–H and O–H groups in total. The standard InChI is InChI=1S/C21H21N3O4/c1-27-15-6-2-5-14(10-15)24-21(26)19-17-8-7-16(28-17)18(19)20(25)23-12-13-4-3-9-22-11-13/h2-11,16-19H,12H2,1H3,(H,23,25)(H,24,26)/t16-,17-,18-,19-/m0/s1. The third-order valence-corrected chi connectivity index (χ3v) is 5.03. The zero-order chi connectivity index (χ0) is 19.5. The van der Waals surface area contributed by atoms with Crippen molar-refractivity contribution in [3.8, 4) is 5.75 Å². The summed E-state index contributed by atoms with van der Waals surface area (Å²) in [5, 5.41) is 5.78. The molecule has 2 aliphatic rings. The van der Waals surface area contributed by atoms with Crippen molar-refractivity contribution in [2.75, 3.05) is 12.4 Å². The minimum atomic E-state index is -0.588. The second-order valence-electron chi connectivity index (χ2n) is 6.80. The number of benzene rings is 1.